The van der Waals surface area contributed by atoms with Gasteiger partial charge in [-0.1, -0.05) is 29.3 Å². The fraction of sp³-hybridized carbons (Fsp3) is 0.0370. The maximum absolute atomic E-state index is 13.7. The molecule has 7 nitrogen and oxygen atoms in total. The second-order valence-corrected chi connectivity index (χ2v) is 10.9. The number of imide groups is 1. The first-order valence-electron chi connectivity index (χ1n) is 11.1. The van der Waals surface area contributed by atoms with E-state index in [1.54, 1.807) is 6.92 Å². The van der Waals surface area contributed by atoms with Gasteiger partial charge in [0, 0.05) is 16.8 Å². The van der Waals surface area contributed by atoms with E-state index in [1.807, 2.05) is 5.32 Å². The van der Waals surface area contributed by atoms with Crippen molar-refractivity contribution in [2.45, 2.75) is 16.7 Å². The minimum atomic E-state index is -3.90. The highest BCUT2D eigenvalue weighted by Gasteiger charge is 2.23. The third-order valence-corrected chi connectivity index (χ3v) is 7.89. The number of ether oxygens (including phenoxy) is 1. The van der Waals surface area contributed by atoms with Crippen molar-refractivity contribution in [2.24, 2.45) is 0 Å². The van der Waals surface area contributed by atoms with Gasteiger partial charge in [-0.3, -0.25) is 10.1 Å². The van der Waals surface area contributed by atoms with Crippen LogP contribution in [-0.4, -0.2) is 20.4 Å². The molecule has 0 aliphatic heterocycles. The van der Waals surface area contributed by atoms with Crippen molar-refractivity contribution in [3.63, 3.8) is 0 Å². The summed E-state index contributed by atoms with van der Waals surface area (Å²) in [6, 6.07) is 16.3. The Morgan fingerprint density at radius 2 is 1.49 bits per heavy atom. The van der Waals surface area contributed by atoms with Crippen LogP contribution < -0.4 is 15.4 Å². The van der Waals surface area contributed by atoms with Crippen LogP contribution >= 0.6 is 23.2 Å². The Balaban J connectivity index is 1.44. The molecule has 2 N–H and O–H groups in total. The minimum Gasteiger partial charge on any atom is -0.457 e. The normalized spacial score (nSPS) is 11.1. The van der Waals surface area contributed by atoms with Crippen LogP contribution in [0.3, 0.4) is 0 Å². The van der Waals surface area contributed by atoms with Gasteiger partial charge in [0.1, 0.15) is 28.7 Å². The van der Waals surface area contributed by atoms with Crippen LogP contribution in [0.5, 0.6) is 11.5 Å². The molecule has 0 aliphatic rings. The molecule has 0 unspecified atom stereocenters. The zero-order valence-corrected chi connectivity index (χ0v) is 22.3. The molecule has 0 aliphatic carbocycles. The van der Waals surface area contributed by atoms with Crippen molar-refractivity contribution in [3.05, 3.63) is 112 Å². The molecule has 0 radical (unpaired) electrons. The third kappa shape index (κ3) is 6.36. The van der Waals surface area contributed by atoms with Gasteiger partial charge in [0.15, 0.2) is 0 Å². The van der Waals surface area contributed by atoms with Crippen molar-refractivity contribution < 1.29 is 31.5 Å². The molecule has 12 heteroatoms. The third-order valence-electron chi connectivity index (χ3n) is 5.40. The first kappa shape index (κ1) is 28.0. The van der Waals surface area contributed by atoms with Gasteiger partial charge in [0.2, 0.25) is 9.84 Å². The Kier molecular flexibility index (Phi) is 8.19. The topological polar surface area (TPSA) is 102 Å². The van der Waals surface area contributed by atoms with E-state index in [9.17, 15) is 26.8 Å². The molecule has 0 heterocycles. The van der Waals surface area contributed by atoms with Crippen LogP contribution in [0.15, 0.2) is 88.7 Å². The Morgan fingerprint density at radius 1 is 0.872 bits per heavy atom. The number of carbonyl (C=O) groups is 2. The highest BCUT2D eigenvalue weighted by Crippen LogP contribution is 2.35. The molecule has 0 bridgehead atoms. The predicted molar refractivity (Wildman–Crippen MR) is 142 cm³/mol. The fourth-order valence-corrected chi connectivity index (χ4v) is 5.45. The maximum atomic E-state index is 13.7. The lowest BCUT2D eigenvalue weighted by molar-refractivity contribution is 0.0959. The van der Waals surface area contributed by atoms with E-state index in [-0.39, 0.29) is 20.5 Å². The molecule has 4 rings (SSSR count). The largest absolute Gasteiger partial charge is 0.457 e. The molecule has 39 heavy (non-hydrogen) atoms. The number of sulfone groups is 1. The summed E-state index contributed by atoms with van der Waals surface area (Å²) < 4.78 is 59.4. The first-order chi connectivity index (χ1) is 18.5. The molecule has 200 valence electrons. The van der Waals surface area contributed by atoms with Crippen molar-refractivity contribution in [1.82, 2.24) is 5.32 Å². The van der Waals surface area contributed by atoms with E-state index in [4.69, 9.17) is 27.9 Å². The molecule has 0 atom stereocenters. The van der Waals surface area contributed by atoms with E-state index in [0.717, 1.165) is 18.2 Å². The highest BCUT2D eigenvalue weighted by atomic mass is 35.5. The first-order valence-corrected chi connectivity index (χ1v) is 13.3. The Hall–Kier alpha value is -3.99. The quantitative estimate of drug-likeness (QED) is 0.248. The van der Waals surface area contributed by atoms with Crippen LogP contribution in [0, 0.1) is 18.6 Å². The standard InChI is InChI=1S/C27H18Cl2F2N2O5S/c1-15-13-24(39(36,37)19-11-5-16(28)6-12-19)20(29)14-23(15)38-18-9-7-17(8-10-18)32-27(35)33-26(34)25-21(30)3-2-4-22(25)31/h2-14H,1H3,(H2,32,33,34,35). The Bertz CT molecular complexity index is 1660. The summed E-state index contributed by atoms with van der Waals surface area (Å²) in [6.45, 7) is 1.65. The van der Waals surface area contributed by atoms with E-state index in [2.05, 4.69) is 5.32 Å². The van der Waals surface area contributed by atoms with E-state index in [0.29, 0.717) is 22.1 Å². The average molecular weight is 591 g/mol. The number of halogens is 4. The zero-order valence-electron chi connectivity index (χ0n) is 20.0. The monoisotopic (exact) mass is 590 g/mol. The van der Waals surface area contributed by atoms with Gasteiger partial charge in [-0.2, -0.15) is 0 Å². The summed E-state index contributed by atoms with van der Waals surface area (Å²) >= 11 is 12.2. The number of hydrogen-bond acceptors (Lipinski definition) is 5. The average Bonchev–Trinajstić information content (AvgIpc) is 2.87. The van der Waals surface area contributed by atoms with Crippen molar-refractivity contribution in [3.8, 4) is 11.5 Å². The molecular weight excluding hydrogens is 573 g/mol. The smallest absolute Gasteiger partial charge is 0.326 e. The van der Waals surface area contributed by atoms with E-state index >= 15 is 0 Å². The molecule has 0 aromatic heterocycles. The summed E-state index contributed by atoms with van der Waals surface area (Å²) in [6.07, 6.45) is 0. The number of nitrogens with one attached hydrogen (secondary N) is 2. The lowest BCUT2D eigenvalue weighted by Crippen LogP contribution is -2.35. The molecule has 0 saturated carbocycles. The lowest BCUT2D eigenvalue weighted by atomic mass is 10.2. The zero-order chi connectivity index (χ0) is 28.3. The number of benzene rings is 4. The van der Waals surface area contributed by atoms with Crippen LogP contribution in [0.1, 0.15) is 15.9 Å². The second-order valence-electron chi connectivity index (χ2n) is 8.14. The number of anilines is 1. The molecule has 0 spiro atoms. The van der Waals surface area contributed by atoms with Crippen molar-refractivity contribution in [2.75, 3.05) is 5.32 Å². The number of rotatable bonds is 6. The molecule has 3 amide bonds. The van der Waals surface area contributed by atoms with Gasteiger partial charge in [-0.05, 0) is 79.2 Å². The van der Waals surface area contributed by atoms with Crippen LogP contribution in [0.2, 0.25) is 10.0 Å². The number of hydrogen-bond donors (Lipinski definition) is 2. The molecule has 0 fully saturated rings. The number of amides is 3. The van der Waals surface area contributed by atoms with Crippen LogP contribution in [-0.2, 0) is 9.84 Å². The van der Waals surface area contributed by atoms with Gasteiger partial charge in [-0.15, -0.1) is 0 Å². The van der Waals surface area contributed by atoms with E-state index < -0.39 is 39.0 Å². The fourth-order valence-electron chi connectivity index (χ4n) is 3.47. The number of urea groups is 1. The summed E-state index contributed by atoms with van der Waals surface area (Å²) in [7, 11) is -3.90. The molecule has 0 saturated heterocycles. The van der Waals surface area contributed by atoms with Crippen molar-refractivity contribution >= 4 is 50.7 Å². The molecular formula is C27H18Cl2F2N2O5S. The van der Waals surface area contributed by atoms with Gasteiger partial charge in [-0.25, -0.2) is 22.0 Å². The Morgan fingerprint density at radius 3 is 2.10 bits per heavy atom. The van der Waals surface area contributed by atoms with Gasteiger partial charge >= 0.3 is 6.03 Å². The molecule has 4 aromatic rings. The second kappa shape index (κ2) is 11.4. The van der Waals surface area contributed by atoms with E-state index in [1.165, 1.54) is 60.7 Å². The van der Waals surface area contributed by atoms with Gasteiger partial charge in [0.05, 0.1) is 14.8 Å². The summed E-state index contributed by atoms with van der Waals surface area (Å²) in [5, 5.41) is 4.58. The summed E-state index contributed by atoms with van der Waals surface area (Å²) in [4.78, 5) is 24.1. The molecule has 4 aromatic carbocycles. The van der Waals surface area contributed by atoms with Crippen molar-refractivity contribution in [1.29, 1.82) is 0 Å². The number of aryl methyl sites for hydroxylation is 1. The van der Waals surface area contributed by atoms with Crippen LogP contribution in [0.4, 0.5) is 19.3 Å². The lowest BCUT2D eigenvalue weighted by Gasteiger charge is -2.13. The van der Waals surface area contributed by atoms with Crippen LogP contribution in [0.25, 0.3) is 0 Å². The maximum Gasteiger partial charge on any atom is 0.326 e. The minimum absolute atomic E-state index is 0.0368. The Labute approximate surface area is 232 Å². The summed E-state index contributed by atoms with van der Waals surface area (Å²) in [5.74, 6) is -2.82. The number of carbonyl (C=O) groups excluding carboxylic acids is 2. The summed E-state index contributed by atoms with van der Waals surface area (Å²) in [5.41, 5.74) is -0.134. The predicted octanol–water partition coefficient (Wildman–Crippen LogP) is 7.17. The SMILES string of the molecule is Cc1cc(S(=O)(=O)c2ccc(Cl)cc2)c(Cl)cc1Oc1ccc(NC(=O)NC(=O)c2c(F)cccc2F)cc1. The van der Waals surface area contributed by atoms with Gasteiger partial charge < -0.3 is 10.1 Å². The highest BCUT2D eigenvalue weighted by molar-refractivity contribution is 7.91. The van der Waals surface area contributed by atoms with Gasteiger partial charge in [0.25, 0.3) is 5.91 Å².